The maximum absolute atomic E-state index is 11.7. The minimum absolute atomic E-state index is 0.122. The largest absolute Gasteiger partial charge is 0.506 e. The first-order chi connectivity index (χ1) is 11.0. The van der Waals surface area contributed by atoms with Gasteiger partial charge in [-0.25, -0.2) is 5.43 Å². The summed E-state index contributed by atoms with van der Waals surface area (Å²) in [6, 6.07) is 10.5. The van der Waals surface area contributed by atoms with Crippen LogP contribution in [0.25, 0.3) is 0 Å². The van der Waals surface area contributed by atoms with E-state index in [1.165, 1.54) is 6.21 Å². The minimum Gasteiger partial charge on any atom is -0.506 e. The zero-order valence-corrected chi connectivity index (χ0v) is 16.7. The van der Waals surface area contributed by atoms with Crippen LogP contribution < -0.4 is 10.2 Å². The van der Waals surface area contributed by atoms with Gasteiger partial charge >= 0.3 is 0 Å². The normalized spacial score (nSPS) is 10.7. The number of hydrazone groups is 1. The zero-order chi connectivity index (χ0) is 16.8. The molecule has 0 saturated carbocycles. The Balaban J connectivity index is 1.91. The second kappa shape index (κ2) is 8.69. The number of para-hydroxylation sites is 1. The standard InChI is InChI=1S/C15H11ClI2N2O3/c16-11-3-1-2-4-13(11)23-8-14(21)20-19-7-9-5-10(17)6-12(18)15(9)22/h1-7,22H,8H2,(H,20,21). The molecule has 2 aromatic carbocycles. The van der Waals surface area contributed by atoms with Gasteiger partial charge in [-0.1, -0.05) is 23.7 Å². The molecule has 8 heteroatoms. The number of nitrogens with zero attached hydrogens (tertiary/aromatic N) is 1. The summed E-state index contributed by atoms with van der Waals surface area (Å²) in [5, 5.41) is 14.2. The van der Waals surface area contributed by atoms with E-state index in [0.29, 0.717) is 19.9 Å². The van der Waals surface area contributed by atoms with Gasteiger partial charge in [-0.2, -0.15) is 5.10 Å². The van der Waals surface area contributed by atoms with Crippen molar-refractivity contribution >= 4 is 68.9 Å². The van der Waals surface area contributed by atoms with Crippen molar-refractivity contribution in [3.05, 3.63) is 54.1 Å². The van der Waals surface area contributed by atoms with Crippen molar-refractivity contribution in [3.63, 3.8) is 0 Å². The van der Waals surface area contributed by atoms with Crippen molar-refractivity contribution in [2.45, 2.75) is 0 Å². The molecule has 0 aliphatic heterocycles. The third kappa shape index (κ3) is 5.50. The maximum Gasteiger partial charge on any atom is 0.277 e. The number of rotatable bonds is 5. The molecule has 0 saturated heterocycles. The molecule has 0 heterocycles. The molecule has 120 valence electrons. The third-order valence-corrected chi connectivity index (χ3v) is 4.40. The number of hydrogen-bond acceptors (Lipinski definition) is 4. The summed E-state index contributed by atoms with van der Waals surface area (Å²) >= 11 is 10.1. The molecule has 0 radical (unpaired) electrons. The molecule has 0 aliphatic rings. The summed E-state index contributed by atoms with van der Waals surface area (Å²) in [6.45, 7) is -0.211. The van der Waals surface area contributed by atoms with Crippen LogP contribution in [0.15, 0.2) is 41.5 Å². The lowest BCUT2D eigenvalue weighted by Gasteiger charge is -2.06. The molecule has 2 aromatic rings. The van der Waals surface area contributed by atoms with E-state index >= 15 is 0 Å². The molecule has 5 nitrogen and oxygen atoms in total. The van der Waals surface area contributed by atoms with Crippen LogP contribution in [0, 0.1) is 7.14 Å². The van der Waals surface area contributed by atoms with Crippen molar-refractivity contribution in [3.8, 4) is 11.5 Å². The molecule has 0 bridgehead atoms. The number of benzene rings is 2. The first-order valence-corrected chi connectivity index (χ1v) is 8.88. The van der Waals surface area contributed by atoms with E-state index in [9.17, 15) is 9.90 Å². The molecule has 2 N–H and O–H groups in total. The number of aromatic hydroxyl groups is 1. The first-order valence-electron chi connectivity index (χ1n) is 6.34. The Morgan fingerprint density at radius 3 is 2.83 bits per heavy atom. The number of carbonyl (C=O) groups excluding carboxylic acids is 1. The van der Waals surface area contributed by atoms with Crippen molar-refractivity contribution in [1.29, 1.82) is 0 Å². The van der Waals surface area contributed by atoms with Gasteiger partial charge in [0.25, 0.3) is 5.91 Å². The lowest BCUT2D eigenvalue weighted by atomic mass is 10.2. The molecule has 0 unspecified atom stereocenters. The molecule has 1 amide bonds. The van der Waals surface area contributed by atoms with Crippen LogP contribution in [0.1, 0.15) is 5.56 Å². The van der Waals surface area contributed by atoms with E-state index < -0.39 is 5.91 Å². The lowest BCUT2D eigenvalue weighted by molar-refractivity contribution is -0.123. The smallest absolute Gasteiger partial charge is 0.277 e. The van der Waals surface area contributed by atoms with E-state index in [0.717, 1.165) is 3.57 Å². The van der Waals surface area contributed by atoms with Gasteiger partial charge in [-0.15, -0.1) is 0 Å². The molecule has 0 aromatic heterocycles. The quantitative estimate of drug-likeness (QED) is 0.335. The molecule has 23 heavy (non-hydrogen) atoms. The molecule has 0 spiro atoms. The van der Waals surface area contributed by atoms with E-state index in [4.69, 9.17) is 16.3 Å². The zero-order valence-electron chi connectivity index (χ0n) is 11.6. The Kier molecular flexibility index (Phi) is 6.90. The maximum atomic E-state index is 11.7. The highest BCUT2D eigenvalue weighted by molar-refractivity contribution is 14.1. The fraction of sp³-hybridized carbons (Fsp3) is 0.0667. The first kappa shape index (κ1) is 18.3. The fourth-order valence-corrected chi connectivity index (χ4v) is 3.68. The lowest BCUT2D eigenvalue weighted by Crippen LogP contribution is -2.24. The average Bonchev–Trinajstić information content (AvgIpc) is 2.51. The second-order valence-corrected chi connectivity index (χ2v) is 7.15. The van der Waals surface area contributed by atoms with E-state index in [-0.39, 0.29) is 12.4 Å². The fourth-order valence-electron chi connectivity index (χ4n) is 1.60. The van der Waals surface area contributed by atoms with Gasteiger partial charge in [-0.3, -0.25) is 4.79 Å². The van der Waals surface area contributed by atoms with Gasteiger partial charge in [0.15, 0.2) is 6.61 Å². The number of phenols is 1. The van der Waals surface area contributed by atoms with Crippen molar-refractivity contribution in [2.24, 2.45) is 5.10 Å². The Hall–Kier alpha value is -1.07. The molecule has 0 atom stereocenters. The molecule has 0 fully saturated rings. The van der Waals surface area contributed by atoms with Crippen LogP contribution in [0.4, 0.5) is 0 Å². The summed E-state index contributed by atoms with van der Waals surface area (Å²) in [7, 11) is 0. The SMILES string of the molecule is O=C(COc1ccccc1Cl)NN=Cc1cc(I)cc(I)c1O. The van der Waals surface area contributed by atoms with Crippen molar-refractivity contribution < 1.29 is 14.6 Å². The van der Waals surface area contributed by atoms with Gasteiger partial charge in [0.05, 0.1) is 14.8 Å². The van der Waals surface area contributed by atoms with E-state index in [1.807, 2.05) is 28.7 Å². The Labute approximate surface area is 165 Å². The van der Waals surface area contributed by atoms with Crippen LogP contribution in [0.2, 0.25) is 5.02 Å². The summed E-state index contributed by atoms with van der Waals surface area (Å²) in [5.41, 5.74) is 2.86. The highest BCUT2D eigenvalue weighted by Gasteiger charge is 2.06. The van der Waals surface area contributed by atoms with Gasteiger partial charge in [0.2, 0.25) is 0 Å². The number of halogens is 3. The number of nitrogens with one attached hydrogen (secondary N) is 1. The number of phenolic OH excluding ortho intramolecular Hbond substituents is 1. The van der Waals surface area contributed by atoms with E-state index in [1.54, 1.807) is 30.3 Å². The number of carbonyl (C=O) groups is 1. The number of amides is 1. The molecular weight excluding hydrogens is 545 g/mol. The van der Waals surface area contributed by atoms with Gasteiger partial charge < -0.3 is 9.84 Å². The third-order valence-electron chi connectivity index (χ3n) is 2.65. The Bertz CT molecular complexity index is 753. The number of ether oxygens (including phenoxy) is 1. The minimum atomic E-state index is -0.430. The van der Waals surface area contributed by atoms with Crippen LogP contribution in [-0.4, -0.2) is 23.8 Å². The van der Waals surface area contributed by atoms with Crippen LogP contribution in [0.5, 0.6) is 11.5 Å². The summed E-state index contributed by atoms with van der Waals surface area (Å²) in [6.07, 6.45) is 1.38. The van der Waals surface area contributed by atoms with Gasteiger partial charge in [0, 0.05) is 9.13 Å². The Morgan fingerprint density at radius 1 is 1.35 bits per heavy atom. The summed E-state index contributed by atoms with van der Waals surface area (Å²) in [4.78, 5) is 11.7. The summed E-state index contributed by atoms with van der Waals surface area (Å²) < 4.78 is 6.96. The van der Waals surface area contributed by atoms with Gasteiger partial charge in [-0.05, 0) is 69.4 Å². The molecule has 2 rings (SSSR count). The Morgan fingerprint density at radius 2 is 2.09 bits per heavy atom. The van der Waals surface area contributed by atoms with Crippen LogP contribution in [0.3, 0.4) is 0 Å². The molecular formula is C15H11ClI2N2O3. The van der Waals surface area contributed by atoms with Crippen molar-refractivity contribution in [1.82, 2.24) is 5.43 Å². The predicted molar refractivity (Wildman–Crippen MR) is 106 cm³/mol. The number of hydrogen-bond donors (Lipinski definition) is 2. The summed E-state index contributed by atoms with van der Waals surface area (Å²) in [5.74, 6) is 0.121. The highest BCUT2D eigenvalue weighted by atomic mass is 127. The topological polar surface area (TPSA) is 70.9 Å². The highest BCUT2D eigenvalue weighted by Crippen LogP contribution is 2.25. The second-order valence-electron chi connectivity index (χ2n) is 4.34. The monoisotopic (exact) mass is 556 g/mol. The average molecular weight is 557 g/mol. The van der Waals surface area contributed by atoms with Crippen LogP contribution >= 0.6 is 56.8 Å². The van der Waals surface area contributed by atoms with Gasteiger partial charge in [0.1, 0.15) is 11.5 Å². The predicted octanol–water partition coefficient (Wildman–Crippen LogP) is 3.78. The molecule has 0 aliphatic carbocycles. The van der Waals surface area contributed by atoms with E-state index in [2.05, 4.69) is 33.1 Å². The van der Waals surface area contributed by atoms with Crippen molar-refractivity contribution in [2.75, 3.05) is 6.61 Å². The van der Waals surface area contributed by atoms with Crippen LogP contribution in [-0.2, 0) is 4.79 Å².